The van der Waals surface area contributed by atoms with Crippen molar-refractivity contribution in [1.82, 2.24) is 4.98 Å². The Balaban J connectivity index is 1.70. The number of benzene rings is 2. The maximum absolute atomic E-state index is 12.0. The van der Waals surface area contributed by atoms with Gasteiger partial charge in [-0.2, -0.15) is 5.26 Å². The monoisotopic (exact) mass is 570 g/mol. The Kier molecular flexibility index (Phi) is 9.47. The number of aromatic nitrogens is 1. The van der Waals surface area contributed by atoms with Crippen molar-refractivity contribution in [2.24, 2.45) is 0 Å². The van der Waals surface area contributed by atoms with Gasteiger partial charge in [-0.15, -0.1) is 0 Å². The lowest BCUT2D eigenvalue weighted by molar-refractivity contribution is -0.142. The van der Waals surface area contributed by atoms with E-state index in [2.05, 4.69) is 49.0 Å². The highest BCUT2D eigenvalue weighted by molar-refractivity contribution is 9.10. The molecule has 0 unspecified atom stereocenters. The van der Waals surface area contributed by atoms with Crippen LogP contribution in [-0.2, 0) is 35.4 Å². The summed E-state index contributed by atoms with van der Waals surface area (Å²) in [4.78, 5) is 16.3. The fourth-order valence-electron chi connectivity index (χ4n) is 3.53. The van der Waals surface area contributed by atoms with Crippen molar-refractivity contribution in [1.29, 1.82) is 5.26 Å². The zero-order valence-electron chi connectivity index (χ0n) is 18.3. The van der Waals surface area contributed by atoms with E-state index < -0.39 is 0 Å². The molecule has 0 saturated heterocycles. The van der Waals surface area contributed by atoms with Gasteiger partial charge in [0.05, 0.1) is 24.7 Å². The minimum absolute atomic E-state index is 0.219. The van der Waals surface area contributed by atoms with Crippen LogP contribution in [0.25, 0.3) is 0 Å². The van der Waals surface area contributed by atoms with Gasteiger partial charge in [0.2, 0.25) is 5.88 Å². The van der Waals surface area contributed by atoms with E-state index in [0.29, 0.717) is 29.3 Å². The molecule has 1 aromatic heterocycles. The van der Waals surface area contributed by atoms with Crippen LogP contribution in [0.3, 0.4) is 0 Å². The minimum Gasteiger partial charge on any atom is -0.473 e. The second-order valence-electron chi connectivity index (χ2n) is 7.43. The van der Waals surface area contributed by atoms with E-state index in [1.807, 2.05) is 55.5 Å². The molecule has 1 heterocycles. The fourth-order valence-corrected chi connectivity index (χ4v) is 4.26. The van der Waals surface area contributed by atoms with E-state index in [4.69, 9.17) is 9.47 Å². The lowest BCUT2D eigenvalue weighted by atomic mass is 9.95. The third-order valence-electron chi connectivity index (χ3n) is 5.10. The third kappa shape index (κ3) is 7.69. The summed E-state index contributed by atoms with van der Waals surface area (Å²) >= 11 is 6.88. The zero-order valence-corrected chi connectivity index (χ0v) is 21.5. The maximum atomic E-state index is 12.0. The van der Waals surface area contributed by atoms with Crippen LogP contribution in [0.1, 0.15) is 41.2 Å². The van der Waals surface area contributed by atoms with Gasteiger partial charge >= 0.3 is 5.97 Å². The molecule has 0 bridgehead atoms. The van der Waals surface area contributed by atoms with Crippen LogP contribution in [0, 0.1) is 11.3 Å². The van der Waals surface area contributed by atoms with E-state index in [-0.39, 0.29) is 12.4 Å². The average Bonchev–Trinajstić information content (AvgIpc) is 2.80. The number of nitriles is 1. The highest BCUT2D eigenvalue weighted by Crippen LogP contribution is 2.22. The molecule has 0 atom stereocenters. The molecule has 5 nitrogen and oxygen atoms in total. The molecule has 0 saturated carbocycles. The first-order valence-electron chi connectivity index (χ1n) is 10.7. The van der Waals surface area contributed by atoms with Crippen molar-refractivity contribution >= 4 is 37.8 Å². The Labute approximate surface area is 211 Å². The summed E-state index contributed by atoms with van der Waals surface area (Å²) in [5.74, 6) is 0.320. The Morgan fingerprint density at radius 3 is 2.48 bits per heavy atom. The van der Waals surface area contributed by atoms with Gasteiger partial charge < -0.3 is 9.47 Å². The summed E-state index contributed by atoms with van der Waals surface area (Å²) in [5, 5.41) is 9.34. The van der Waals surface area contributed by atoms with Crippen LogP contribution in [0.15, 0.2) is 63.7 Å². The number of hydrogen-bond donors (Lipinski definition) is 0. The number of aryl methyl sites for hydroxylation is 2. The van der Waals surface area contributed by atoms with Gasteiger partial charge in [-0.3, -0.25) is 4.79 Å². The van der Waals surface area contributed by atoms with Crippen molar-refractivity contribution in [3.8, 4) is 11.9 Å². The second-order valence-corrected chi connectivity index (χ2v) is 9.16. The molecule has 33 heavy (non-hydrogen) atoms. The quantitative estimate of drug-likeness (QED) is 0.210. The predicted molar refractivity (Wildman–Crippen MR) is 134 cm³/mol. The molecule has 7 heteroatoms. The standard InChI is InChI=1S/C26H24Br2N2O3/c1-2-32-26(31)15-21-11-12-23(27)14-20(21)6-3-5-19-13-18(16-29)9-10-22(19)17-33-25-8-4-7-24(28)30-25/h4,7-14H,2-3,5-6,15,17H2,1H3. The summed E-state index contributed by atoms with van der Waals surface area (Å²) in [7, 11) is 0. The van der Waals surface area contributed by atoms with Gasteiger partial charge in [0, 0.05) is 10.5 Å². The van der Waals surface area contributed by atoms with Crippen LogP contribution < -0.4 is 4.74 Å². The first kappa shape index (κ1) is 24.9. The molecule has 3 rings (SSSR count). The highest BCUT2D eigenvalue weighted by atomic mass is 79.9. The molecule has 0 spiro atoms. The summed E-state index contributed by atoms with van der Waals surface area (Å²) < 4.78 is 12.7. The van der Waals surface area contributed by atoms with E-state index in [9.17, 15) is 10.1 Å². The van der Waals surface area contributed by atoms with Gasteiger partial charge in [0.25, 0.3) is 0 Å². The number of rotatable bonds is 10. The van der Waals surface area contributed by atoms with Crippen molar-refractivity contribution < 1.29 is 14.3 Å². The van der Waals surface area contributed by atoms with Crippen LogP contribution in [-0.4, -0.2) is 17.6 Å². The number of hydrogen-bond acceptors (Lipinski definition) is 5. The molecule has 0 N–H and O–H groups in total. The van der Waals surface area contributed by atoms with Crippen LogP contribution >= 0.6 is 31.9 Å². The Morgan fingerprint density at radius 1 is 1.00 bits per heavy atom. The molecule has 2 aromatic carbocycles. The lowest BCUT2D eigenvalue weighted by Crippen LogP contribution is -2.09. The molecular formula is C26H24Br2N2O3. The maximum Gasteiger partial charge on any atom is 0.310 e. The second kappa shape index (κ2) is 12.5. The molecule has 0 aliphatic rings. The summed E-state index contributed by atoms with van der Waals surface area (Å²) in [6, 6.07) is 19.4. The van der Waals surface area contributed by atoms with Crippen LogP contribution in [0.4, 0.5) is 0 Å². The van der Waals surface area contributed by atoms with Gasteiger partial charge in [-0.25, -0.2) is 4.98 Å². The molecule has 0 aliphatic heterocycles. The number of carbonyl (C=O) groups excluding carboxylic acids is 1. The van der Waals surface area contributed by atoms with E-state index in [1.54, 1.807) is 0 Å². The number of halogens is 2. The SMILES string of the molecule is CCOC(=O)Cc1ccc(Br)cc1CCCc1cc(C#N)ccc1COc1cccc(Br)n1. The first-order valence-corrected chi connectivity index (χ1v) is 12.3. The number of pyridine rings is 1. The van der Waals surface area contributed by atoms with Gasteiger partial charge in [0.15, 0.2) is 0 Å². The van der Waals surface area contributed by atoms with Gasteiger partial charge in [0.1, 0.15) is 11.2 Å². The van der Waals surface area contributed by atoms with Crippen molar-refractivity contribution in [3.05, 3.63) is 91.5 Å². The number of ether oxygens (including phenoxy) is 2. The molecular weight excluding hydrogens is 548 g/mol. The third-order valence-corrected chi connectivity index (χ3v) is 6.04. The Bertz CT molecular complexity index is 1160. The van der Waals surface area contributed by atoms with Crippen molar-refractivity contribution in [3.63, 3.8) is 0 Å². The summed E-state index contributed by atoms with van der Waals surface area (Å²) in [5.41, 5.74) is 4.82. The summed E-state index contributed by atoms with van der Waals surface area (Å²) in [6.45, 7) is 2.56. The van der Waals surface area contributed by atoms with Gasteiger partial charge in [-0.05, 0) is 94.7 Å². The number of nitrogens with zero attached hydrogens (tertiary/aromatic N) is 2. The molecule has 170 valence electrons. The van der Waals surface area contributed by atoms with Crippen LogP contribution in [0.2, 0.25) is 0 Å². The zero-order chi connectivity index (χ0) is 23.6. The van der Waals surface area contributed by atoms with Crippen LogP contribution in [0.5, 0.6) is 5.88 Å². The molecule has 3 aromatic rings. The highest BCUT2D eigenvalue weighted by Gasteiger charge is 2.11. The molecule has 0 amide bonds. The number of esters is 1. The Hall–Kier alpha value is -2.69. The van der Waals surface area contributed by atoms with E-state index in [1.165, 1.54) is 0 Å². The lowest BCUT2D eigenvalue weighted by Gasteiger charge is -2.13. The predicted octanol–water partition coefficient (Wildman–Crippen LogP) is 6.34. The topological polar surface area (TPSA) is 72.2 Å². The van der Waals surface area contributed by atoms with E-state index in [0.717, 1.165) is 46.0 Å². The number of carbonyl (C=O) groups is 1. The smallest absolute Gasteiger partial charge is 0.310 e. The summed E-state index contributed by atoms with van der Waals surface area (Å²) in [6.07, 6.45) is 2.71. The van der Waals surface area contributed by atoms with E-state index >= 15 is 0 Å². The largest absolute Gasteiger partial charge is 0.473 e. The minimum atomic E-state index is -0.219. The molecule has 0 aliphatic carbocycles. The molecule has 0 fully saturated rings. The Morgan fingerprint density at radius 2 is 1.76 bits per heavy atom. The van der Waals surface area contributed by atoms with Gasteiger partial charge in [-0.1, -0.05) is 34.1 Å². The average molecular weight is 572 g/mol. The van der Waals surface area contributed by atoms with Crippen molar-refractivity contribution in [2.75, 3.05) is 6.61 Å². The fraction of sp³-hybridized carbons (Fsp3) is 0.269. The first-order chi connectivity index (χ1) is 16.0. The normalized spacial score (nSPS) is 10.5. The molecule has 0 radical (unpaired) electrons. The van der Waals surface area contributed by atoms with Crippen molar-refractivity contribution in [2.45, 2.75) is 39.2 Å².